The molecule has 7 heteroatoms. The van der Waals surface area contributed by atoms with Crippen molar-refractivity contribution in [1.29, 1.82) is 0 Å². The quantitative estimate of drug-likeness (QED) is 0.326. The number of methoxy groups -OCH3 is 1. The van der Waals surface area contributed by atoms with Crippen LogP contribution >= 0.6 is 23.2 Å². The van der Waals surface area contributed by atoms with Crippen LogP contribution in [0.15, 0.2) is 66.7 Å². The number of hydrogen-bond donors (Lipinski definition) is 0. The molecule has 1 aromatic heterocycles. The van der Waals surface area contributed by atoms with E-state index in [0.29, 0.717) is 22.2 Å². The second kappa shape index (κ2) is 9.08. The van der Waals surface area contributed by atoms with E-state index in [1.807, 2.05) is 47.4 Å². The summed E-state index contributed by atoms with van der Waals surface area (Å²) in [5, 5.41) is 0.869. The highest BCUT2D eigenvalue weighted by Gasteiger charge is 2.33. The van der Waals surface area contributed by atoms with Gasteiger partial charge in [0.1, 0.15) is 11.6 Å². The molecule has 3 aromatic carbocycles. The van der Waals surface area contributed by atoms with Crippen molar-refractivity contribution >= 4 is 40.1 Å². The van der Waals surface area contributed by atoms with Gasteiger partial charge in [0.2, 0.25) is 0 Å². The summed E-state index contributed by atoms with van der Waals surface area (Å²) in [6.07, 6.45) is 2.79. The third-order valence-corrected chi connectivity index (χ3v) is 6.69. The highest BCUT2D eigenvalue weighted by Crippen LogP contribution is 2.36. The summed E-state index contributed by atoms with van der Waals surface area (Å²) in [5.74, 6) is 1.53. The Bertz CT molecular complexity index is 1320. The number of hydrogen-bond acceptors (Lipinski definition) is 3. The maximum atomic E-state index is 13.6. The third-order valence-electron chi connectivity index (χ3n) is 6.14. The molecule has 0 spiro atoms. The average molecular weight is 480 g/mol. The molecule has 4 aromatic rings. The predicted octanol–water partition coefficient (Wildman–Crippen LogP) is 6.71. The van der Waals surface area contributed by atoms with Crippen LogP contribution in [0.3, 0.4) is 0 Å². The molecule has 1 fully saturated rings. The molecule has 1 aliphatic rings. The number of amides is 1. The van der Waals surface area contributed by atoms with Crippen LogP contribution in [-0.2, 0) is 0 Å². The fraction of sp³-hybridized carbons (Fsp3) is 0.231. The topological polar surface area (TPSA) is 47.4 Å². The first kappa shape index (κ1) is 21.8. The summed E-state index contributed by atoms with van der Waals surface area (Å²) >= 11 is 12.4. The molecule has 5 nitrogen and oxygen atoms in total. The van der Waals surface area contributed by atoms with Crippen LogP contribution in [0.1, 0.15) is 41.5 Å². The van der Waals surface area contributed by atoms with Crippen molar-refractivity contribution in [3.05, 3.63) is 88.2 Å². The largest absolute Gasteiger partial charge is 0.497 e. The van der Waals surface area contributed by atoms with E-state index in [0.717, 1.165) is 47.6 Å². The smallest absolute Gasteiger partial charge is 0.255 e. The molecule has 0 aliphatic carbocycles. The van der Waals surface area contributed by atoms with Gasteiger partial charge in [-0.05, 0) is 73.9 Å². The summed E-state index contributed by atoms with van der Waals surface area (Å²) in [5.41, 5.74) is 3.33. The van der Waals surface area contributed by atoms with E-state index in [1.165, 1.54) is 0 Å². The molecule has 1 unspecified atom stereocenters. The third kappa shape index (κ3) is 4.07. The zero-order valence-electron chi connectivity index (χ0n) is 18.2. The van der Waals surface area contributed by atoms with E-state index in [-0.39, 0.29) is 11.9 Å². The number of carbonyl (C=O) groups is 1. The van der Waals surface area contributed by atoms with Gasteiger partial charge >= 0.3 is 0 Å². The van der Waals surface area contributed by atoms with Crippen LogP contribution < -0.4 is 4.74 Å². The van der Waals surface area contributed by atoms with E-state index >= 15 is 0 Å². The van der Waals surface area contributed by atoms with Crippen LogP contribution in [0.5, 0.6) is 5.75 Å². The van der Waals surface area contributed by atoms with Gasteiger partial charge in [-0.2, -0.15) is 0 Å². The summed E-state index contributed by atoms with van der Waals surface area (Å²) in [4.78, 5) is 20.5. The molecule has 168 valence electrons. The number of benzene rings is 3. The first-order chi connectivity index (χ1) is 16.1. The van der Waals surface area contributed by atoms with Crippen molar-refractivity contribution in [3.63, 3.8) is 0 Å². The molecule has 1 aliphatic heterocycles. The Morgan fingerprint density at radius 2 is 1.82 bits per heavy atom. The second-order valence-electron chi connectivity index (χ2n) is 8.13. The minimum Gasteiger partial charge on any atom is -0.497 e. The van der Waals surface area contributed by atoms with Gasteiger partial charge in [0.25, 0.3) is 5.91 Å². The van der Waals surface area contributed by atoms with Gasteiger partial charge in [-0.1, -0.05) is 35.3 Å². The van der Waals surface area contributed by atoms with E-state index < -0.39 is 0 Å². The normalized spacial score (nSPS) is 16.2. The number of likely N-dealkylation sites (tertiary alicyclic amines) is 1. The highest BCUT2D eigenvalue weighted by atomic mass is 35.5. The number of piperidine rings is 1. The van der Waals surface area contributed by atoms with Crippen LogP contribution in [-0.4, -0.2) is 34.0 Å². The molecule has 33 heavy (non-hydrogen) atoms. The van der Waals surface area contributed by atoms with Gasteiger partial charge < -0.3 is 9.64 Å². The molecule has 0 saturated carbocycles. The van der Waals surface area contributed by atoms with Gasteiger partial charge in [-0.3, -0.25) is 9.36 Å². The number of rotatable bonds is 4. The molecule has 0 N–H and O–H groups in total. The van der Waals surface area contributed by atoms with Crippen molar-refractivity contribution < 1.29 is 9.53 Å². The molecule has 0 radical (unpaired) electrons. The average Bonchev–Trinajstić information content (AvgIpc) is 3.23. The molecule has 1 saturated heterocycles. The van der Waals surface area contributed by atoms with Gasteiger partial charge in [0.05, 0.1) is 34.8 Å². The minimum absolute atomic E-state index is 0.102. The Morgan fingerprint density at radius 1 is 1.03 bits per heavy atom. The Labute approximate surface area is 202 Å². The lowest BCUT2D eigenvalue weighted by atomic mass is 9.99. The van der Waals surface area contributed by atoms with Gasteiger partial charge in [-0.25, -0.2) is 4.98 Å². The van der Waals surface area contributed by atoms with Gasteiger partial charge in [-0.15, -0.1) is 0 Å². The monoisotopic (exact) mass is 479 g/mol. The molecular weight excluding hydrogens is 457 g/mol. The van der Waals surface area contributed by atoms with Crippen molar-refractivity contribution in [2.45, 2.75) is 25.3 Å². The maximum Gasteiger partial charge on any atom is 0.255 e. The number of carbonyl (C=O) groups excluding carboxylic acids is 1. The standard InChI is InChI=1S/C26H23Cl2N3O2/c1-33-19-12-10-18(11-13-19)31-23-7-3-2-6-22(23)29-25(31)24-8-4-5-15-30(24)26(32)20-14-9-17(27)16-21(20)28/h2-3,6-7,9-14,16,24H,4-5,8,15H2,1H3. The molecule has 2 heterocycles. The second-order valence-corrected chi connectivity index (χ2v) is 8.97. The Balaban J connectivity index is 1.62. The van der Waals surface area contributed by atoms with Crippen LogP contribution in [0.25, 0.3) is 16.7 Å². The number of halogens is 2. The maximum absolute atomic E-state index is 13.6. The number of aromatic nitrogens is 2. The first-order valence-electron chi connectivity index (χ1n) is 10.9. The van der Waals surface area contributed by atoms with Crippen molar-refractivity contribution in [2.24, 2.45) is 0 Å². The van der Waals surface area contributed by atoms with Gasteiger partial charge in [0.15, 0.2) is 0 Å². The number of ether oxygens (including phenoxy) is 1. The molecule has 1 amide bonds. The zero-order chi connectivity index (χ0) is 22.9. The Morgan fingerprint density at radius 3 is 2.58 bits per heavy atom. The van der Waals surface area contributed by atoms with Crippen molar-refractivity contribution in [2.75, 3.05) is 13.7 Å². The summed E-state index contributed by atoms with van der Waals surface area (Å²) < 4.78 is 7.49. The molecule has 0 bridgehead atoms. The van der Waals surface area contributed by atoms with Crippen LogP contribution in [0.2, 0.25) is 10.0 Å². The lowest BCUT2D eigenvalue weighted by Crippen LogP contribution is -2.39. The Kier molecular flexibility index (Phi) is 6.00. The van der Waals surface area contributed by atoms with Crippen molar-refractivity contribution in [1.82, 2.24) is 14.5 Å². The highest BCUT2D eigenvalue weighted by molar-refractivity contribution is 6.36. The van der Waals surface area contributed by atoms with E-state index in [1.54, 1.807) is 25.3 Å². The van der Waals surface area contributed by atoms with Gasteiger partial charge in [0, 0.05) is 17.3 Å². The lowest BCUT2D eigenvalue weighted by Gasteiger charge is -2.36. The molecular formula is C26H23Cl2N3O2. The van der Waals surface area contributed by atoms with Crippen LogP contribution in [0, 0.1) is 0 Å². The predicted molar refractivity (Wildman–Crippen MR) is 132 cm³/mol. The first-order valence-corrected chi connectivity index (χ1v) is 11.7. The van der Waals surface area contributed by atoms with Crippen LogP contribution in [0.4, 0.5) is 0 Å². The number of imidazole rings is 1. The van der Waals surface area contributed by atoms with E-state index in [9.17, 15) is 4.79 Å². The van der Waals surface area contributed by atoms with Crippen molar-refractivity contribution in [3.8, 4) is 11.4 Å². The lowest BCUT2D eigenvalue weighted by molar-refractivity contribution is 0.0599. The molecule has 5 rings (SSSR count). The van der Waals surface area contributed by atoms with E-state index in [2.05, 4.69) is 10.6 Å². The fourth-order valence-corrected chi connectivity index (χ4v) is 5.02. The summed E-state index contributed by atoms with van der Waals surface area (Å²) in [6, 6.07) is 20.8. The summed E-state index contributed by atoms with van der Waals surface area (Å²) in [7, 11) is 1.65. The molecule has 1 atom stereocenters. The van der Waals surface area contributed by atoms with E-state index in [4.69, 9.17) is 32.9 Å². The SMILES string of the molecule is COc1ccc(-n2c(C3CCCCN3C(=O)c3ccc(Cl)cc3Cl)nc3ccccc32)cc1. The fourth-order valence-electron chi connectivity index (χ4n) is 4.53. The number of nitrogens with zero attached hydrogens (tertiary/aromatic N) is 3. The minimum atomic E-state index is -0.174. The number of para-hydroxylation sites is 2. The zero-order valence-corrected chi connectivity index (χ0v) is 19.7. The Hall–Kier alpha value is -3.02. The number of fused-ring (bicyclic) bond motifs is 1. The summed E-state index contributed by atoms with van der Waals surface area (Å²) in [6.45, 7) is 0.647.